The first kappa shape index (κ1) is 73.7. The second kappa shape index (κ2) is 34.2. The first-order chi connectivity index (χ1) is 47.1. The Bertz CT molecular complexity index is 3700. The van der Waals surface area contributed by atoms with Gasteiger partial charge in [-0.3, -0.25) is 39.4 Å². The zero-order chi connectivity index (χ0) is 70.7. The molecule has 0 spiro atoms. The number of benzene rings is 6. The summed E-state index contributed by atoms with van der Waals surface area (Å²) in [5.41, 5.74) is -5.88. The predicted octanol–water partition coefficient (Wildman–Crippen LogP) is 13.4. The average Bonchev–Trinajstić information content (AvgIpc) is 0.739. The molecule has 19 nitrogen and oxygen atoms in total. The van der Waals surface area contributed by atoms with Crippen molar-refractivity contribution in [1.29, 1.82) is 0 Å². The van der Waals surface area contributed by atoms with E-state index in [1.165, 1.54) is 48.6 Å². The minimum absolute atomic E-state index is 0.0147. The summed E-state index contributed by atoms with van der Waals surface area (Å²) < 4.78 is 76.9. The Morgan fingerprint density at radius 1 is 0.480 bits per heavy atom. The van der Waals surface area contributed by atoms with Crippen molar-refractivity contribution in [2.75, 3.05) is 39.3 Å². The van der Waals surface area contributed by atoms with E-state index in [0.29, 0.717) is 75.1 Å². The summed E-state index contributed by atoms with van der Waals surface area (Å²) in [4.78, 5) is 103. The molecule has 98 heavy (non-hydrogen) atoms. The summed E-state index contributed by atoms with van der Waals surface area (Å²) in [6.45, 7) is 11.8. The molecule has 4 amide bonds. The van der Waals surface area contributed by atoms with Gasteiger partial charge in [-0.1, -0.05) is 114 Å². The first-order valence-electron chi connectivity index (χ1n) is 33.0. The van der Waals surface area contributed by atoms with Crippen molar-refractivity contribution in [3.63, 3.8) is 0 Å². The van der Waals surface area contributed by atoms with Crippen molar-refractivity contribution in [3.8, 4) is 0 Å². The summed E-state index contributed by atoms with van der Waals surface area (Å²) in [7, 11) is 0. The molecule has 6 aromatic rings. The lowest BCUT2D eigenvalue weighted by Crippen LogP contribution is -2.60. The number of hydrogen-bond acceptors (Lipinski definition) is 13. The van der Waals surface area contributed by atoms with Gasteiger partial charge in [0.25, 0.3) is 35.0 Å². The molecule has 23 heteroatoms. The number of amides is 4. The van der Waals surface area contributed by atoms with E-state index in [-0.39, 0.29) is 71.1 Å². The van der Waals surface area contributed by atoms with E-state index in [1.54, 1.807) is 96.4 Å². The van der Waals surface area contributed by atoms with Gasteiger partial charge in [0, 0.05) is 122 Å². The van der Waals surface area contributed by atoms with E-state index >= 15 is 31.9 Å². The van der Waals surface area contributed by atoms with E-state index in [1.807, 2.05) is 27.7 Å². The second-order valence-electron chi connectivity index (χ2n) is 24.3. The minimum atomic E-state index is -2.33. The molecule has 0 bridgehead atoms. The summed E-state index contributed by atoms with van der Waals surface area (Å²) in [5.74, 6) is -10.2. The van der Waals surface area contributed by atoms with Crippen LogP contribution in [0.1, 0.15) is 144 Å². The van der Waals surface area contributed by atoms with Crippen LogP contribution in [-0.4, -0.2) is 112 Å². The van der Waals surface area contributed by atoms with Gasteiger partial charge in [-0.25, -0.2) is 22.4 Å². The van der Waals surface area contributed by atoms with E-state index in [9.17, 15) is 29.8 Å². The Labute approximate surface area is 567 Å². The fraction of sp³-hybridized carbons (Fsp3) is 0.347. The number of carbonyl (C=O) groups excluding carboxylic acids is 5. The van der Waals surface area contributed by atoms with Crippen molar-refractivity contribution in [2.45, 2.75) is 116 Å². The zero-order valence-corrected chi connectivity index (χ0v) is 55.7. The van der Waals surface area contributed by atoms with E-state index in [0.717, 1.165) is 36.4 Å². The molecule has 4 N–H and O–H groups in total. The van der Waals surface area contributed by atoms with Crippen LogP contribution < -0.4 is 21.3 Å². The monoisotopic (exact) mass is 1350 g/mol. The third-order valence-electron chi connectivity index (χ3n) is 17.3. The average molecular weight is 1350 g/mol. The molecule has 2 aliphatic carbocycles. The normalized spacial score (nSPS) is 17.9. The van der Waals surface area contributed by atoms with Gasteiger partial charge in [0.15, 0.2) is 11.2 Å². The second-order valence-corrected chi connectivity index (χ2v) is 24.3. The maximum atomic E-state index is 16.1. The van der Waals surface area contributed by atoms with Crippen molar-refractivity contribution in [3.05, 3.63) is 269 Å². The van der Waals surface area contributed by atoms with Crippen LogP contribution in [0.5, 0.6) is 0 Å². The van der Waals surface area contributed by atoms with E-state index in [2.05, 4.69) is 21.3 Å². The number of carbonyl (C=O) groups is 5. The number of allylic oxidation sites excluding steroid dienone is 2. The maximum absolute atomic E-state index is 16.1. The third kappa shape index (κ3) is 17.9. The molecule has 0 saturated carbocycles. The van der Waals surface area contributed by atoms with Crippen LogP contribution in [0.15, 0.2) is 181 Å². The molecule has 2 aliphatic rings. The molecule has 6 atom stereocenters. The number of nitrogens with zero attached hydrogens (tertiary/aromatic N) is 4. The topological polar surface area (TPSA) is 245 Å². The van der Waals surface area contributed by atoms with Gasteiger partial charge in [-0.05, 0) is 134 Å². The van der Waals surface area contributed by atoms with Gasteiger partial charge in [0.2, 0.25) is 0 Å². The first-order valence-corrected chi connectivity index (χ1v) is 33.0. The summed E-state index contributed by atoms with van der Waals surface area (Å²) >= 11 is 0. The van der Waals surface area contributed by atoms with Crippen molar-refractivity contribution in [1.82, 2.24) is 31.1 Å². The molecule has 0 heterocycles. The number of rotatable bonds is 32. The lowest BCUT2D eigenvalue weighted by molar-refractivity contribution is -0.418. The number of nitrogens with one attached hydrogen (secondary N) is 4. The highest BCUT2D eigenvalue weighted by Gasteiger charge is 2.56. The third-order valence-corrected chi connectivity index (χ3v) is 17.3. The van der Waals surface area contributed by atoms with Gasteiger partial charge in [-0.2, -0.15) is 0 Å². The molecule has 6 aromatic carbocycles. The van der Waals surface area contributed by atoms with Gasteiger partial charge in [0.1, 0.15) is 23.3 Å². The molecule has 8 rings (SSSR count). The van der Waals surface area contributed by atoms with Crippen LogP contribution in [0.3, 0.4) is 0 Å². The molecule has 0 saturated heterocycles. The smallest absolute Gasteiger partial charge is 0.421 e. The maximum Gasteiger partial charge on any atom is 0.510 e. The lowest BCUT2D eigenvalue weighted by Gasteiger charge is -2.47. The fourth-order valence-corrected chi connectivity index (χ4v) is 13.0. The van der Waals surface area contributed by atoms with Crippen LogP contribution in [0, 0.1) is 55.3 Å². The Balaban J connectivity index is 1.33. The van der Waals surface area contributed by atoms with Crippen LogP contribution in [-0.2, 0) is 22.6 Å². The van der Waals surface area contributed by atoms with Crippen molar-refractivity contribution < 1.29 is 60.9 Å². The molecular formula is C75H82F4N8O11. The minimum Gasteiger partial charge on any atom is -0.421 e. The quantitative estimate of drug-likeness (QED) is 0.0133. The Morgan fingerprint density at radius 3 is 1.13 bits per heavy atom. The summed E-state index contributed by atoms with van der Waals surface area (Å²) in [5, 5.41) is 39.7. The molecule has 0 radical (unpaired) electrons. The van der Waals surface area contributed by atoms with Gasteiger partial charge >= 0.3 is 6.16 Å². The molecule has 6 unspecified atom stereocenters. The van der Waals surface area contributed by atoms with Crippen LogP contribution >= 0.6 is 0 Å². The van der Waals surface area contributed by atoms with Crippen LogP contribution in [0.4, 0.5) is 22.4 Å². The standard InChI is InChI=1S/C75H82F4N8O11/c1-7-33-84(34-8-2)71(90)53-27-19-25-51(37-53)69(88)82-61(11-5)67-65(55-39-57(76)43-58(77)40-55)63(86(93)94)29-31-74(67,47-80-45-49-21-15-13-16-22-49)97-73(92)98-75(48-81-46-50-23-17-14-18-24-50)32-30-64(87(95)96)66(56-41-59(78)44-60(79)42-56)68(75)62(12-6)83-70(89)52-26-20-28-54(38-52)72(91)85(35-9-3)36-10-4/h13-32,37-44,61-62,67-68,80-81H,7-12,33-36,45-48H2,1-6H3,(H,82,88)(H,83,89). The molecule has 516 valence electrons. The zero-order valence-electron chi connectivity index (χ0n) is 55.7. The van der Waals surface area contributed by atoms with Crippen molar-refractivity contribution >= 4 is 40.9 Å². The Morgan fingerprint density at radius 2 is 0.816 bits per heavy atom. The Hall–Kier alpha value is -10.1. The van der Waals surface area contributed by atoms with Gasteiger partial charge in [0.05, 0.1) is 21.7 Å². The number of ether oxygens (including phenoxy) is 2. The van der Waals surface area contributed by atoms with Crippen LogP contribution in [0.2, 0.25) is 0 Å². The predicted molar refractivity (Wildman–Crippen MR) is 364 cm³/mol. The van der Waals surface area contributed by atoms with E-state index in [4.69, 9.17) is 9.47 Å². The largest absolute Gasteiger partial charge is 0.510 e. The summed E-state index contributed by atoms with van der Waals surface area (Å²) in [6, 6.07) is 31.5. The number of nitro groups is 2. The molecular weight excluding hydrogens is 1260 g/mol. The highest BCUT2D eigenvalue weighted by molar-refractivity contribution is 6.01. The van der Waals surface area contributed by atoms with Crippen molar-refractivity contribution in [2.24, 2.45) is 11.8 Å². The van der Waals surface area contributed by atoms with Gasteiger partial charge in [-0.15, -0.1) is 0 Å². The molecule has 0 aliphatic heterocycles. The lowest BCUT2D eigenvalue weighted by atomic mass is 9.69. The Kier molecular flexibility index (Phi) is 25.7. The van der Waals surface area contributed by atoms with Crippen LogP contribution in [0.25, 0.3) is 11.1 Å². The SMILES string of the molecule is CCCN(CCC)C(=O)c1cccc(C(=O)NC(CC)C2C(c3cc(F)cc(F)c3)=C([N+](=O)[O-])C=CC2(CNCc2ccccc2)OC(=O)OC2(CNCc3ccccc3)C=CC([N+](=O)[O-])=C(c3cc(F)cc(F)c3)C2C(CC)NC(=O)c2cccc(C(=O)N(CCC)CCC)c2)c1. The molecule has 0 aromatic heterocycles. The van der Waals surface area contributed by atoms with Gasteiger partial charge < -0.3 is 40.5 Å². The number of halogens is 4. The number of hydrogen-bond donors (Lipinski definition) is 4. The van der Waals surface area contributed by atoms with E-state index < -0.39 is 122 Å². The fourth-order valence-electron chi connectivity index (χ4n) is 13.0. The highest BCUT2D eigenvalue weighted by Crippen LogP contribution is 2.48. The summed E-state index contributed by atoms with van der Waals surface area (Å²) in [6.07, 6.45) is 5.21. The molecule has 0 fully saturated rings. The highest BCUT2D eigenvalue weighted by atomic mass is 19.1.